The largest absolute Gasteiger partial charge is 0.477 e. The van der Waals surface area contributed by atoms with Gasteiger partial charge in [-0.2, -0.15) is 0 Å². The quantitative estimate of drug-likeness (QED) is 0.582. The highest BCUT2D eigenvalue weighted by atomic mass is 19.1. The molecule has 0 saturated heterocycles. The first-order valence-corrected chi connectivity index (χ1v) is 8.30. The topological polar surface area (TPSA) is 85.6 Å². The third kappa shape index (κ3) is 2.11. The molecule has 0 bridgehead atoms. The second-order valence-corrected chi connectivity index (χ2v) is 6.39. The Labute approximate surface area is 151 Å². The number of carboxylic acid groups (broad SMARTS) is 1. The number of furan rings is 2. The summed E-state index contributed by atoms with van der Waals surface area (Å²) in [4.78, 5) is 23.3. The molecule has 27 heavy (non-hydrogen) atoms. The number of fused-ring (bicyclic) bond motifs is 5. The van der Waals surface area contributed by atoms with Crippen LogP contribution in [0.5, 0.6) is 0 Å². The Morgan fingerprint density at radius 2 is 2.11 bits per heavy atom. The summed E-state index contributed by atoms with van der Waals surface area (Å²) in [5.74, 6) is -2.30. The van der Waals surface area contributed by atoms with Gasteiger partial charge in [-0.05, 0) is 12.5 Å². The summed E-state index contributed by atoms with van der Waals surface area (Å²) in [6.45, 7) is 0.352. The van der Waals surface area contributed by atoms with E-state index in [9.17, 15) is 14.0 Å². The van der Waals surface area contributed by atoms with E-state index < -0.39 is 22.8 Å². The zero-order valence-electron chi connectivity index (χ0n) is 13.9. The molecule has 6 nitrogen and oxygen atoms in total. The highest BCUT2D eigenvalue weighted by Gasteiger charge is 2.30. The number of pyridine rings is 1. The van der Waals surface area contributed by atoms with E-state index in [0.29, 0.717) is 18.5 Å². The van der Waals surface area contributed by atoms with Gasteiger partial charge in [0, 0.05) is 34.8 Å². The Morgan fingerprint density at radius 3 is 2.85 bits per heavy atom. The molecule has 0 amide bonds. The first-order valence-electron chi connectivity index (χ1n) is 8.30. The van der Waals surface area contributed by atoms with Crippen LogP contribution in [0, 0.1) is 5.82 Å². The van der Waals surface area contributed by atoms with E-state index in [2.05, 4.69) is 0 Å². The summed E-state index contributed by atoms with van der Waals surface area (Å²) >= 11 is 0. The highest BCUT2D eigenvalue weighted by Crippen LogP contribution is 2.41. The van der Waals surface area contributed by atoms with Gasteiger partial charge in [0.2, 0.25) is 5.43 Å². The maximum absolute atomic E-state index is 14.8. The summed E-state index contributed by atoms with van der Waals surface area (Å²) in [6, 6.07) is 7.44. The Kier molecular flexibility index (Phi) is 3.15. The van der Waals surface area contributed by atoms with Crippen molar-refractivity contribution in [2.24, 2.45) is 0 Å². The molecule has 1 aliphatic rings. The van der Waals surface area contributed by atoms with Crippen molar-refractivity contribution in [3.8, 4) is 22.6 Å². The van der Waals surface area contributed by atoms with Crippen LogP contribution >= 0.6 is 0 Å². The molecule has 3 aromatic heterocycles. The van der Waals surface area contributed by atoms with Crippen LogP contribution in [0.4, 0.5) is 4.39 Å². The Morgan fingerprint density at radius 1 is 1.26 bits per heavy atom. The normalized spacial score (nSPS) is 12.8. The smallest absolute Gasteiger partial charge is 0.341 e. The number of aromatic carboxylic acids is 1. The molecule has 0 fully saturated rings. The van der Waals surface area contributed by atoms with E-state index in [1.807, 2.05) is 18.2 Å². The summed E-state index contributed by atoms with van der Waals surface area (Å²) in [5.41, 5.74) is 1.26. The molecule has 134 valence electrons. The number of aryl methyl sites for hydroxylation is 2. The number of hydrogen-bond acceptors (Lipinski definition) is 4. The van der Waals surface area contributed by atoms with Gasteiger partial charge in [0.25, 0.3) is 0 Å². The molecule has 5 rings (SSSR count). The number of carboxylic acids is 1. The zero-order valence-corrected chi connectivity index (χ0v) is 13.9. The minimum atomic E-state index is -1.45. The lowest BCUT2D eigenvalue weighted by molar-refractivity contribution is 0.0693. The highest BCUT2D eigenvalue weighted by molar-refractivity contribution is 5.98. The van der Waals surface area contributed by atoms with Gasteiger partial charge in [0.1, 0.15) is 16.8 Å². The zero-order chi connectivity index (χ0) is 18.7. The van der Waals surface area contributed by atoms with Crippen LogP contribution < -0.4 is 5.43 Å². The molecule has 1 aliphatic heterocycles. The van der Waals surface area contributed by atoms with Gasteiger partial charge in [0.15, 0.2) is 11.6 Å². The molecule has 0 spiro atoms. The lowest BCUT2D eigenvalue weighted by Crippen LogP contribution is -2.25. The molecule has 0 unspecified atom stereocenters. The van der Waals surface area contributed by atoms with Crippen LogP contribution in [-0.4, -0.2) is 15.6 Å². The van der Waals surface area contributed by atoms with Gasteiger partial charge in [-0.25, -0.2) is 9.18 Å². The molecule has 0 atom stereocenters. The fourth-order valence-electron chi connectivity index (χ4n) is 3.68. The maximum atomic E-state index is 14.8. The van der Waals surface area contributed by atoms with E-state index in [4.69, 9.17) is 13.9 Å². The molecule has 0 radical (unpaired) electrons. The second kappa shape index (κ2) is 5.44. The molecule has 1 N–H and O–H groups in total. The van der Waals surface area contributed by atoms with Crippen molar-refractivity contribution in [2.45, 2.75) is 13.0 Å². The second-order valence-electron chi connectivity index (χ2n) is 6.39. The number of halogens is 1. The fourth-order valence-corrected chi connectivity index (χ4v) is 3.68. The molecule has 0 saturated carbocycles. The van der Waals surface area contributed by atoms with Crippen molar-refractivity contribution in [3.05, 3.63) is 70.2 Å². The van der Waals surface area contributed by atoms with Gasteiger partial charge in [-0.1, -0.05) is 18.2 Å². The van der Waals surface area contributed by atoms with Crippen molar-refractivity contribution in [3.63, 3.8) is 0 Å². The Bertz CT molecular complexity index is 1280. The third-order valence-corrected chi connectivity index (χ3v) is 4.92. The Balaban J connectivity index is 1.83. The van der Waals surface area contributed by atoms with E-state index in [0.717, 1.165) is 22.1 Å². The van der Waals surface area contributed by atoms with E-state index in [-0.39, 0.29) is 11.5 Å². The van der Waals surface area contributed by atoms with Crippen LogP contribution in [0.25, 0.3) is 33.6 Å². The van der Waals surface area contributed by atoms with Gasteiger partial charge < -0.3 is 18.5 Å². The number of para-hydroxylation sites is 1. The minimum absolute atomic E-state index is 0.0133. The fraction of sp³-hybridized carbons (Fsp3) is 0.100. The summed E-state index contributed by atoms with van der Waals surface area (Å²) < 4.78 is 27.4. The predicted octanol–water partition coefficient (Wildman–Crippen LogP) is 3.91. The third-order valence-electron chi connectivity index (χ3n) is 4.92. The molecule has 4 aromatic rings. The number of rotatable bonds is 2. The monoisotopic (exact) mass is 365 g/mol. The summed E-state index contributed by atoms with van der Waals surface area (Å²) in [7, 11) is 0. The molecular formula is C20H12FNO5. The SMILES string of the molecule is O=C(O)c1cn2c(c(F)c1=O)-c1oc3c(-c4ccoc4)cccc3c1CC2. The van der Waals surface area contributed by atoms with Crippen molar-refractivity contribution < 1.29 is 23.1 Å². The average molecular weight is 365 g/mol. The molecular weight excluding hydrogens is 353 g/mol. The number of carbonyl (C=O) groups is 1. The lowest BCUT2D eigenvalue weighted by atomic mass is 9.99. The van der Waals surface area contributed by atoms with Crippen molar-refractivity contribution >= 4 is 16.9 Å². The van der Waals surface area contributed by atoms with Crippen LogP contribution in [0.2, 0.25) is 0 Å². The first-order chi connectivity index (χ1) is 13.1. The molecule has 1 aromatic carbocycles. The van der Waals surface area contributed by atoms with Crippen LogP contribution in [0.15, 0.2) is 56.6 Å². The van der Waals surface area contributed by atoms with Crippen molar-refractivity contribution in [1.82, 2.24) is 4.57 Å². The van der Waals surface area contributed by atoms with Crippen molar-refractivity contribution in [2.75, 3.05) is 0 Å². The number of hydrogen-bond donors (Lipinski definition) is 1. The standard InChI is InChI=1S/C20H12FNO5/c21-15-16-19-13(4-6-22(16)8-14(17(15)23)20(24)25)12-3-1-2-11(18(12)27-19)10-5-7-26-9-10/h1-3,5,7-9H,4,6H2,(H,24,25). The van der Waals surface area contributed by atoms with E-state index >= 15 is 0 Å². The average Bonchev–Trinajstić information content (AvgIpc) is 3.31. The molecule has 0 aliphatic carbocycles. The summed E-state index contributed by atoms with van der Waals surface area (Å²) in [5, 5.41) is 9.97. The Hall–Kier alpha value is -3.61. The predicted molar refractivity (Wildman–Crippen MR) is 94.2 cm³/mol. The molecule has 7 heteroatoms. The van der Waals surface area contributed by atoms with Gasteiger partial charge in [-0.15, -0.1) is 0 Å². The van der Waals surface area contributed by atoms with Crippen molar-refractivity contribution in [1.29, 1.82) is 0 Å². The number of aromatic nitrogens is 1. The van der Waals surface area contributed by atoms with Gasteiger partial charge >= 0.3 is 5.97 Å². The lowest BCUT2D eigenvalue weighted by Gasteiger charge is -2.19. The minimum Gasteiger partial charge on any atom is -0.477 e. The van der Waals surface area contributed by atoms with Crippen LogP contribution in [0.1, 0.15) is 15.9 Å². The number of nitrogens with zero attached hydrogens (tertiary/aromatic N) is 1. The van der Waals surface area contributed by atoms with Gasteiger partial charge in [0.05, 0.1) is 12.5 Å². The van der Waals surface area contributed by atoms with Crippen LogP contribution in [-0.2, 0) is 13.0 Å². The van der Waals surface area contributed by atoms with E-state index in [1.165, 1.54) is 10.8 Å². The van der Waals surface area contributed by atoms with E-state index in [1.54, 1.807) is 18.6 Å². The summed E-state index contributed by atoms with van der Waals surface area (Å²) in [6.07, 6.45) is 4.86. The molecule has 4 heterocycles. The number of benzene rings is 1. The first kappa shape index (κ1) is 15.6. The van der Waals surface area contributed by atoms with Crippen LogP contribution in [0.3, 0.4) is 0 Å². The van der Waals surface area contributed by atoms with Gasteiger partial charge in [-0.3, -0.25) is 4.79 Å². The maximum Gasteiger partial charge on any atom is 0.341 e.